The minimum Gasteiger partial charge on any atom is -0.496 e. The van der Waals surface area contributed by atoms with Crippen molar-refractivity contribution in [3.63, 3.8) is 0 Å². The third-order valence-corrected chi connectivity index (χ3v) is 5.54. The standard InChI is InChI=1S/C19H27NO3/c1-23-17-8-7-16(19(18(21)22)9-3-4-10-19)13-15(17)14-20-11-5-2-6-12-20/h7-8,13H,2-6,9-12,14H2,1H3,(H,21,22). The highest BCUT2D eigenvalue weighted by atomic mass is 16.5. The van der Waals surface area contributed by atoms with Crippen LogP contribution in [0, 0.1) is 0 Å². The number of ether oxygens (including phenoxy) is 1. The molecule has 4 heteroatoms. The molecular weight excluding hydrogens is 290 g/mol. The number of piperidine rings is 1. The molecule has 3 rings (SSSR count). The van der Waals surface area contributed by atoms with Gasteiger partial charge in [-0.25, -0.2) is 0 Å². The number of carboxylic acids is 1. The van der Waals surface area contributed by atoms with E-state index < -0.39 is 11.4 Å². The van der Waals surface area contributed by atoms with Crippen LogP contribution in [0.3, 0.4) is 0 Å². The molecule has 1 aliphatic heterocycles. The highest BCUT2D eigenvalue weighted by molar-refractivity contribution is 5.82. The van der Waals surface area contributed by atoms with Crippen molar-refractivity contribution in [1.29, 1.82) is 0 Å². The number of benzene rings is 1. The van der Waals surface area contributed by atoms with E-state index >= 15 is 0 Å². The highest BCUT2D eigenvalue weighted by Gasteiger charge is 2.43. The van der Waals surface area contributed by atoms with Gasteiger partial charge in [0.15, 0.2) is 0 Å². The smallest absolute Gasteiger partial charge is 0.314 e. The van der Waals surface area contributed by atoms with Crippen molar-refractivity contribution in [1.82, 2.24) is 4.90 Å². The number of aliphatic carboxylic acids is 1. The quantitative estimate of drug-likeness (QED) is 0.902. The average Bonchev–Trinajstić information content (AvgIpc) is 3.07. The second-order valence-electron chi connectivity index (χ2n) is 6.96. The van der Waals surface area contributed by atoms with Gasteiger partial charge >= 0.3 is 5.97 Å². The van der Waals surface area contributed by atoms with E-state index in [1.165, 1.54) is 19.3 Å². The van der Waals surface area contributed by atoms with E-state index in [1.807, 2.05) is 12.1 Å². The fraction of sp³-hybridized carbons (Fsp3) is 0.632. The molecule has 2 aliphatic rings. The molecule has 2 fully saturated rings. The first kappa shape index (κ1) is 16.3. The molecule has 1 aromatic rings. The summed E-state index contributed by atoms with van der Waals surface area (Å²) in [5.41, 5.74) is 1.39. The van der Waals surface area contributed by atoms with E-state index in [1.54, 1.807) is 7.11 Å². The predicted molar refractivity (Wildman–Crippen MR) is 89.9 cm³/mol. The second-order valence-corrected chi connectivity index (χ2v) is 6.96. The van der Waals surface area contributed by atoms with Crippen molar-refractivity contribution in [2.24, 2.45) is 0 Å². The molecule has 1 aromatic carbocycles. The summed E-state index contributed by atoms with van der Waals surface area (Å²) in [6.07, 6.45) is 7.31. The summed E-state index contributed by atoms with van der Waals surface area (Å²) in [5, 5.41) is 9.81. The molecule has 0 aromatic heterocycles. The van der Waals surface area contributed by atoms with Crippen LogP contribution in [0.2, 0.25) is 0 Å². The molecule has 0 atom stereocenters. The Kier molecular flexibility index (Phi) is 4.90. The third kappa shape index (κ3) is 3.23. The summed E-state index contributed by atoms with van der Waals surface area (Å²) < 4.78 is 5.52. The van der Waals surface area contributed by atoms with E-state index in [0.29, 0.717) is 0 Å². The van der Waals surface area contributed by atoms with Crippen LogP contribution in [0.25, 0.3) is 0 Å². The van der Waals surface area contributed by atoms with Crippen LogP contribution in [0.15, 0.2) is 18.2 Å². The van der Waals surface area contributed by atoms with Gasteiger partial charge in [-0.15, -0.1) is 0 Å². The number of hydrogen-bond acceptors (Lipinski definition) is 3. The Balaban J connectivity index is 1.90. The summed E-state index contributed by atoms with van der Waals surface area (Å²) >= 11 is 0. The number of nitrogens with zero attached hydrogens (tertiary/aromatic N) is 1. The minimum atomic E-state index is -0.692. The SMILES string of the molecule is COc1ccc(C2(C(=O)O)CCCC2)cc1CN1CCCCC1. The Morgan fingerprint density at radius 2 is 1.87 bits per heavy atom. The zero-order chi connectivity index (χ0) is 16.3. The molecule has 23 heavy (non-hydrogen) atoms. The Morgan fingerprint density at radius 3 is 2.48 bits per heavy atom. The maximum absolute atomic E-state index is 11.9. The number of hydrogen-bond donors (Lipinski definition) is 1. The molecule has 1 saturated carbocycles. The van der Waals surface area contributed by atoms with Crippen LogP contribution < -0.4 is 4.74 Å². The highest BCUT2D eigenvalue weighted by Crippen LogP contribution is 2.42. The van der Waals surface area contributed by atoms with Gasteiger partial charge in [-0.1, -0.05) is 25.3 Å². The topological polar surface area (TPSA) is 49.8 Å². The molecule has 1 heterocycles. The van der Waals surface area contributed by atoms with Crippen molar-refractivity contribution in [2.45, 2.75) is 56.9 Å². The number of methoxy groups -OCH3 is 1. The molecule has 4 nitrogen and oxygen atoms in total. The average molecular weight is 317 g/mol. The van der Waals surface area contributed by atoms with Crippen molar-refractivity contribution >= 4 is 5.97 Å². The Morgan fingerprint density at radius 1 is 1.17 bits per heavy atom. The van der Waals surface area contributed by atoms with E-state index in [2.05, 4.69) is 11.0 Å². The molecule has 126 valence electrons. The van der Waals surface area contributed by atoms with Crippen molar-refractivity contribution in [2.75, 3.05) is 20.2 Å². The molecule has 0 unspecified atom stereocenters. The van der Waals surface area contributed by atoms with Crippen LogP contribution in [0.1, 0.15) is 56.1 Å². The molecule has 0 amide bonds. The summed E-state index contributed by atoms with van der Waals surface area (Å²) in [4.78, 5) is 14.4. The number of likely N-dealkylation sites (tertiary alicyclic amines) is 1. The van der Waals surface area contributed by atoms with Crippen LogP contribution >= 0.6 is 0 Å². The van der Waals surface area contributed by atoms with Crippen LogP contribution in [0.5, 0.6) is 5.75 Å². The molecule has 1 aliphatic carbocycles. The summed E-state index contributed by atoms with van der Waals surface area (Å²) in [6.45, 7) is 3.10. The molecule has 0 radical (unpaired) electrons. The monoisotopic (exact) mass is 317 g/mol. The van der Waals surface area contributed by atoms with Gasteiger partial charge in [-0.05, 0) is 56.5 Å². The van der Waals surface area contributed by atoms with E-state index in [-0.39, 0.29) is 0 Å². The summed E-state index contributed by atoms with van der Waals surface area (Å²) in [6, 6.07) is 6.00. The fourth-order valence-corrected chi connectivity index (χ4v) is 4.16. The largest absolute Gasteiger partial charge is 0.496 e. The molecule has 1 saturated heterocycles. The van der Waals surface area contributed by atoms with Crippen LogP contribution in [-0.4, -0.2) is 36.2 Å². The Bertz CT molecular complexity index is 558. The van der Waals surface area contributed by atoms with Gasteiger partial charge in [0, 0.05) is 12.1 Å². The second kappa shape index (κ2) is 6.91. The minimum absolute atomic E-state index is 0.677. The first-order chi connectivity index (χ1) is 11.2. The van der Waals surface area contributed by atoms with E-state index in [0.717, 1.165) is 62.2 Å². The normalized spacial score (nSPS) is 21.3. The van der Waals surface area contributed by atoms with Gasteiger partial charge in [0.05, 0.1) is 12.5 Å². The van der Waals surface area contributed by atoms with Gasteiger partial charge in [0.25, 0.3) is 0 Å². The lowest BCUT2D eigenvalue weighted by atomic mass is 9.78. The van der Waals surface area contributed by atoms with Crippen LogP contribution in [-0.2, 0) is 16.8 Å². The lowest BCUT2D eigenvalue weighted by Crippen LogP contribution is -2.33. The first-order valence-corrected chi connectivity index (χ1v) is 8.79. The van der Waals surface area contributed by atoms with Crippen molar-refractivity contribution < 1.29 is 14.6 Å². The van der Waals surface area contributed by atoms with E-state index in [9.17, 15) is 9.90 Å². The van der Waals surface area contributed by atoms with Crippen molar-refractivity contribution in [3.8, 4) is 5.75 Å². The van der Waals surface area contributed by atoms with Gasteiger partial charge < -0.3 is 9.84 Å². The van der Waals surface area contributed by atoms with Gasteiger partial charge in [-0.3, -0.25) is 9.69 Å². The Hall–Kier alpha value is -1.55. The summed E-state index contributed by atoms with van der Waals surface area (Å²) in [7, 11) is 1.69. The lowest BCUT2D eigenvalue weighted by Gasteiger charge is -2.29. The van der Waals surface area contributed by atoms with Crippen LogP contribution in [0.4, 0.5) is 0 Å². The Labute approximate surface area is 138 Å². The lowest BCUT2D eigenvalue weighted by molar-refractivity contribution is -0.143. The maximum atomic E-state index is 11.9. The molecular formula is C19H27NO3. The molecule has 0 bridgehead atoms. The fourth-order valence-electron chi connectivity index (χ4n) is 4.16. The number of carboxylic acid groups (broad SMARTS) is 1. The maximum Gasteiger partial charge on any atom is 0.314 e. The zero-order valence-electron chi connectivity index (χ0n) is 14.0. The van der Waals surface area contributed by atoms with Crippen molar-refractivity contribution in [3.05, 3.63) is 29.3 Å². The van der Waals surface area contributed by atoms with E-state index in [4.69, 9.17) is 4.74 Å². The first-order valence-electron chi connectivity index (χ1n) is 8.79. The number of rotatable bonds is 5. The van der Waals surface area contributed by atoms with Gasteiger partial charge in [0.2, 0.25) is 0 Å². The van der Waals surface area contributed by atoms with Gasteiger partial charge in [-0.2, -0.15) is 0 Å². The number of carbonyl (C=O) groups is 1. The molecule has 0 spiro atoms. The van der Waals surface area contributed by atoms with Gasteiger partial charge in [0.1, 0.15) is 5.75 Å². The summed E-state index contributed by atoms with van der Waals surface area (Å²) in [5.74, 6) is 0.196. The predicted octanol–water partition coefficient (Wildman–Crippen LogP) is 3.58. The molecule has 1 N–H and O–H groups in total. The zero-order valence-corrected chi connectivity index (χ0v) is 14.0. The third-order valence-electron chi connectivity index (χ3n) is 5.54.